The molecule has 3 rings (SSSR count). The number of fused-ring (bicyclic) bond motifs is 1. The molecule has 5 N–H and O–H groups in total. The van der Waals surface area contributed by atoms with Crippen molar-refractivity contribution >= 4 is 27.8 Å². The maximum Gasteiger partial charge on any atom is 0.264 e. The Labute approximate surface area is 244 Å². The Morgan fingerprint density at radius 2 is 1.73 bits per heavy atom. The molecule has 0 aromatic heterocycles. The molecule has 1 heterocycles. The summed E-state index contributed by atoms with van der Waals surface area (Å²) in [5.74, 6) is 0.367. The maximum absolute atomic E-state index is 12.8. The minimum Gasteiger partial charge on any atom is -0.487 e. The van der Waals surface area contributed by atoms with Gasteiger partial charge in [-0.3, -0.25) is 14.6 Å². The van der Waals surface area contributed by atoms with E-state index in [9.17, 15) is 18.0 Å². The molecule has 0 bridgehead atoms. The molecule has 2 aromatic rings. The lowest BCUT2D eigenvalue weighted by atomic mass is 9.94. The van der Waals surface area contributed by atoms with Crippen LogP contribution in [0.1, 0.15) is 68.9 Å². The van der Waals surface area contributed by atoms with Crippen molar-refractivity contribution in [3.8, 4) is 5.75 Å². The molecule has 0 unspecified atom stereocenters. The Balaban J connectivity index is 0.000000305. The number of nitrogens with one attached hydrogen (secondary N) is 3. The molecule has 2 aromatic carbocycles. The molecule has 0 fully saturated rings. The van der Waals surface area contributed by atoms with Crippen molar-refractivity contribution < 1.29 is 22.7 Å². The molecule has 0 saturated carbocycles. The molecule has 226 valence electrons. The molecule has 2 amide bonds. The van der Waals surface area contributed by atoms with E-state index in [1.807, 2.05) is 71.9 Å². The highest BCUT2D eigenvalue weighted by molar-refractivity contribution is 7.90. The monoisotopic (exact) mass is 587 g/mol. The van der Waals surface area contributed by atoms with Gasteiger partial charge in [-0.15, -0.1) is 0 Å². The van der Waals surface area contributed by atoms with Gasteiger partial charge in [0, 0.05) is 31.5 Å². The van der Waals surface area contributed by atoms with Gasteiger partial charge in [0.1, 0.15) is 11.4 Å². The molecule has 11 heteroatoms. The molecule has 1 aliphatic heterocycles. The number of nitrogens with two attached hydrogens (primary N) is 1. The number of sulfonamides is 1. The van der Waals surface area contributed by atoms with Gasteiger partial charge < -0.3 is 21.1 Å². The molecule has 0 aliphatic carbocycles. The molecule has 0 radical (unpaired) electrons. The van der Waals surface area contributed by atoms with Crippen LogP contribution in [0, 0.1) is 20.8 Å². The first-order chi connectivity index (χ1) is 19.1. The summed E-state index contributed by atoms with van der Waals surface area (Å²) in [6.45, 7) is 15.3. The Bertz CT molecular complexity index is 1370. The predicted molar refractivity (Wildman–Crippen MR) is 163 cm³/mol. The van der Waals surface area contributed by atoms with Gasteiger partial charge in [-0.25, -0.2) is 13.1 Å². The number of carbonyl (C=O) groups excluding carboxylic acids is 2. The number of benzene rings is 2. The summed E-state index contributed by atoms with van der Waals surface area (Å²) in [7, 11) is -3.79. The second-order valence-corrected chi connectivity index (χ2v) is 12.6. The van der Waals surface area contributed by atoms with Crippen LogP contribution in [0.2, 0.25) is 0 Å². The summed E-state index contributed by atoms with van der Waals surface area (Å²) in [6, 6.07) is 10.0. The Morgan fingerprint density at radius 3 is 2.32 bits per heavy atom. The lowest BCUT2D eigenvalue weighted by molar-refractivity contribution is -0.125. The highest BCUT2D eigenvalue weighted by Crippen LogP contribution is 2.43. The summed E-state index contributed by atoms with van der Waals surface area (Å²) < 4.78 is 34.1. The van der Waals surface area contributed by atoms with E-state index in [0.29, 0.717) is 18.5 Å². The Hall–Kier alpha value is -3.60. The highest BCUT2D eigenvalue weighted by Gasteiger charge is 2.36. The van der Waals surface area contributed by atoms with Gasteiger partial charge in [0.2, 0.25) is 17.8 Å². The second-order valence-electron chi connectivity index (χ2n) is 11.0. The minimum absolute atomic E-state index is 0.0362. The zero-order valence-electron chi connectivity index (χ0n) is 25.5. The zero-order chi connectivity index (χ0) is 31.0. The third-order valence-electron chi connectivity index (χ3n) is 6.60. The van der Waals surface area contributed by atoms with Crippen LogP contribution >= 0.6 is 0 Å². The van der Waals surface area contributed by atoms with E-state index in [4.69, 9.17) is 10.5 Å². The van der Waals surface area contributed by atoms with E-state index in [-0.39, 0.29) is 40.9 Å². The molecule has 1 aliphatic rings. The van der Waals surface area contributed by atoms with Crippen molar-refractivity contribution in [3.05, 3.63) is 58.1 Å². The maximum atomic E-state index is 12.8. The van der Waals surface area contributed by atoms with Crippen LogP contribution in [0.3, 0.4) is 0 Å². The Morgan fingerprint density at radius 1 is 1.10 bits per heavy atom. The van der Waals surface area contributed by atoms with E-state index in [2.05, 4.69) is 20.3 Å². The number of hydrogen-bond donors (Lipinski definition) is 4. The van der Waals surface area contributed by atoms with Crippen molar-refractivity contribution in [2.75, 3.05) is 13.1 Å². The lowest BCUT2D eigenvalue weighted by Crippen LogP contribution is -2.41. The average Bonchev–Trinajstić information content (AvgIpc) is 3.21. The lowest BCUT2D eigenvalue weighted by Gasteiger charge is -2.19. The first-order valence-corrected chi connectivity index (χ1v) is 15.3. The number of guanidine groups is 1. The summed E-state index contributed by atoms with van der Waals surface area (Å²) in [5.41, 5.74) is 9.76. The van der Waals surface area contributed by atoms with Gasteiger partial charge in [-0.1, -0.05) is 37.3 Å². The third-order valence-corrected chi connectivity index (χ3v) is 8.22. The molecule has 41 heavy (non-hydrogen) atoms. The summed E-state index contributed by atoms with van der Waals surface area (Å²) in [6.07, 6.45) is 2.26. The molecule has 10 nitrogen and oxygen atoms in total. The van der Waals surface area contributed by atoms with Gasteiger partial charge in [-0.05, 0) is 76.6 Å². The SMILES string of the molecule is CC(=O)NCC(=O)N[C@@H](C)Cc1ccccc1.CCCN=C(N)NS(=O)(=O)c1c(C)c(C)c2c(c1C)CC(C)(C)O2. The number of amides is 2. The highest BCUT2D eigenvalue weighted by atomic mass is 32.2. The quantitative estimate of drug-likeness (QED) is 0.261. The number of carbonyl (C=O) groups is 2. The van der Waals surface area contributed by atoms with Gasteiger partial charge in [0.25, 0.3) is 10.0 Å². The van der Waals surface area contributed by atoms with Crippen LogP contribution in [0.15, 0.2) is 40.2 Å². The van der Waals surface area contributed by atoms with Crippen molar-refractivity contribution in [1.82, 2.24) is 15.4 Å². The Kier molecular flexibility index (Phi) is 11.8. The van der Waals surface area contributed by atoms with Crippen molar-refractivity contribution in [1.29, 1.82) is 0 Å². The van der Waals surface area contributed by atoms with Gasteiger partial charge in [0.15, 0.2) is 0 Å². The molecule has 0 saturated heterocycles. The topological polar surface area (TPSA) is 152 Å². The van der Waals surface area contributed by atoms with E-state index in [0.717, 1.165) is 35.3 Å². The van der Waals surface area contributed by atoms with E-state index in [1.54, 1.807) is 6.92 Å². The van der Waals surface area contributed by atoms with Crippen LogP contribution in [-0.4, -0.2) is 50.9 Å². The standard InChI is InChI=1S/C17H27N3O3S.C13H18N2O2/c1-7-8-19-16(18)20-24(21,22)15-11(3)10(2)14-13(12(15)4)9-17(5,6)23-14;1-10(8-12-6-4-3-5-7-12)15-13(17)9-14-11(2)16/h7-9H2,1-6H3,(H3,18,19,20);3-7,10H,8-9H2,1-2H3,(H,14,16)(H,15,17)/t;10-/m.0/s1. The second kappa shape index (κ2) is 14.3. The van der Waals surface area contributed by atoms with Crippen molar-refractivity contribution in [2.24, 2.45) is 10.7 Å². The molecule has 1 atom stereocenters. The number of hydrogen-bond acceptors (Lipinski definition) is 6. The number of ether oxygens (including phenoxy) is 1. The van der Waals surface area contributed by atoms with E-state index in [1.165, 1.54) is 12.5 Å². The normalized spacial score (nSPS) is 14.6. The van der Waals surface area contributed by atoms with Crippen LogP contribution in [-0.2, 0) is 32.5 Å². The first-order valence-electron chi connectivity index (χ1n) is 13.8. The van der Waals surface area contributed by atoms with Gasteiger partial charge in [0.05, 0.1) is 11.4 Å². The van der Waals surface area contributed by atoms with Crippen molar-refractivity contribution in [2.45, 2.75) is 91.2 Å². The fraction of sp³-hybridized carbons (Fsp3) is 0.500. The number of nitrogens with zero attached hydrogens (tertiary/aromatic N) is 1. The van der Waals surface area contributed by atoms with Crippen LogP contribution in [0.25, 0.3) is 0 Å². The average molecular weight is 588 g/mol. The molecular formula is C30H45N5O5S. The number of rotatable bonds is 9. The summed E-state index contributed by atoms with van der Waals surface area (Å²) >= 11 is 0. The fourth-order valence-corrected chi connectivity index (χ4v) is 6.17. The fourth-order valence-electron chi connectivity index (χ4n) is 4.65. The largest absolute Gasteiger partial charge is 0.487 e. The van der Waals surface area contributed by atoms with Gasteiger partial charge >= 0.3 is 0 Å². The number of aliphatic imine (C=N–C) groups is 1. The summed E-state index contributed by atoms with van der Waals surface area (Å²) in [4.78, 5) is 26.3. The molecular weight excluding hydrogens is 542 g/mol. The predicted octanol–water partition coefficient (Wildman–Crippen LogP) is 3.20. The minimum atomic E-state index is -3.79. The van der Waals surface area contributed by atoms with E-state index >= 15 is 0 Å². The van der Waals surface area contributed by atoms with Gasteiger partial charge in [-0.2, -0.15) is 0 Å². The third kappa shape index (κ3) is 9.77. The van der Waals surface area contributed by atoms with Crippen LogP contribution < -0.4 is 25.8 Å². The van der Waals surface area contributed by atoms with E-state index < -0.39 is 10.0 Å². The van der Waals surface area contributed by atoms with Crippen LogP contribution in [0.4, 0.5) is 0 Å². The smallest absolute Gasteiger partial charge is 0.264 e. The van der Waals surface area contributed by atoms with Crippen LogP contribution in [0.5, 0.6) is 5.75 Å². The first kappa shape index (κ1) is 33.6. The summed E-state index contributed by atoms with van der Waals surface area (Å²) in [5, 5.41) is 5.29. The molecule has 0 spiro atoms. The zero-order valence-corrected chi connectivity index (χ0v) is 26.3. The van der Waals surface area contributed by atoms with Crippen molar-refractivity contribution in [3.63, 3.8) is 0 Å².